The molecule has 1 unspecified atom stereocenters. The van der Waals surface area contributed by atoms with Crippen molar-refractivity contribution in [3.05, 3.63) is 34.9 Å². The molecule has 0 fully saturated rings. The monoisotopic (exact) mass is 208 g/mol. The Kier molecular flexibility index (Phi) is 3.94. The lowest BCUT2D eigenvalue weighted by molar-refractivity contribution is 0.294. The molecule has 0 amide bonds. The Hall–Kier alpha value is -1.04. The summed E-state index contributed by atoms with van der Waals surface area (Å²) in [5.41, 5.74) is 1.13. The van der Waals surface area contributed by atoms with Gasteiger partial charge in [0.25, 0.3) is 0 Å². The van der Waals surface area contributed by atoms with E-state index < -0.39 is 0 Å². The first kappa shape index (κ1) is 11.0. The maximum atomic E-state index is 8.72. The lowest BCUT2D eigenvalue weighted by Gasteiger charge is -2.18. The predicted octanol–water partition coefficient (Wildman–Crippen LogP) is 2.68. The van der Waals surface area contributed by atoms with Gasteiger partial charge in [0.1, 0.15) is 0 Å². The quantitative estimate of drug-likeness (QED) is 0.764. The molecule has 74 valence electrons. The molecule has 0 heterocycles. The highest BCUT2D eigenvalue weighted by Gasteiger charge is 2.07. The first-order chi connectivity index (χ1) is 6.63. The predicted molar refractivity (Wildman–Crippen MR) is 58.0 cm³/mol. The van der Waals surface area contributed by atoms with E-state index in [9.17, 15) is 0 Å². The van der Waals surface area contributed by atoms with Crippen LogP contribution in [0.1, 0.15) is 12.5 Å². The van der Waals surface area contributed by atoms with Crippen molar-refractivity contribution in [1.82, 2.24) is 4.90 Å². The second-order valence-electron chi connectivity index (χ2n) is 3.35. The molecule has 3 heteroatoms. The van der Waals surface area contributed by atoms with Gasteiger partial charge < -0.3 is 0 Å². The standard InChI is InChI=1S/C11H13ClN2/c1-9(7-13)14(2)8-10-4-3-5-11(12)6-10/h3-6,9H,8H2,1-2H3. The zero-order chi connectivity index (χ0) is 10.6. The molecule has 0 N–H and O–H groups in total. The molecule has 0 aliphatic rings. The Morgan fingerprint density at radius 2 is 2.29 bits per heavy atom. The smallest absolute Gasteiger partial charge is 0.0949 e. The zero-order valence-corrected chi connectivity index (χ0v) is 9.12. The number of rotatable bonds is 3. The van der Waals surface area contributed by atoms with Crippen LogP contribution in [0.5, 0.6) is 0 Å². The van der Waals surface area contributed by atoms with Crippen LogP contribution < -0.4 is 0 Å². The summed E-state index contributed by atoms with van der Waals surface area (Å²) < 4.78 is 0. The Morgan fingerprint density at radius 3 is 2.86 bits per heavy atom. The van der Waals surface area contributed by atoms with Gasteiger partial charge >= 0.3 is 0 Å². The van der Waals surface area contributed by atoms with E-state index in [-0.39, 0.29) is 6.04 Å². The molecule has 2 nitrogen and oxygen atoms in total. The third-order valence-corrected chi connectivity index (χ3v) is 2.40. The van der Waals surface area contributed by atoms with Crippen LogP contribution in [0.4, 0.5) is 0 Å². The van der Waals surface area contributed by atoms with Gasteiger partial charge in [0.2, 0.25) is 0 Å². The summed E-state index contributed by atoms with van der Waals surface area (Å²) in [5.74, 6) is 0. The molecule has 0 aromatic heterocycles. The fourth-order valence-electron chi connectivity index (χ4n) is 1.16. The Labute approximate surface area is 89.7 Å². The fourth-order valence-corrected chi connectivity index (χ4v) is 1.37. The van der Waals surface area contributed by atoms with E-state index in [0.29, 0.717) is 0 Å². The highest BCUT2D eigenvalue weighted by atomic mass is 35.5. The molecule has 0 aliphatic carbocycles. The molecule has 1 aromatic rings. The third kappa shape index (κ3) is 3.02. The highest BCUT2D eigenvalue weighted by molar-refractivity contribution is 6.30. The third-order valence-electron chi connectivity index (χ3n) is 2.17. The highest BCUT2D eigenvalue weighted by Crippen LogP contribution is 2.12. The van der Waals surface area contributed by atoms with Crippen molar-refractivity contribution in [2.45, 2.75) is 19.5 Å². The van der Waals surface area contributed by atoms with Gasteiger partial charge in [0.15, 0.2) is 0 Å². The molecule has 0 radical (unpaired) electrons. The molecule has 1 rings (SSSR count). The Balaban J connectivity index is 2.65. The zero-order valence-electron chi connectivity index (χ0n) is 8.37. The SMILES string of the molecule is CC(C#N)N(C)Cc1cccc(Cl)c1. The Bertz CT molecular complexity index is 343. The summed E-state index contributed by atoms with van der Waals surface area (Å²) in [6.45, 7) is 2.62. The first-order valence-electron chi connectivity index (χ1n) is 4.48. The van der Waals surface area contributed by atoms with Crippen molar-refractivity contribution < 1.29 is 0 Å². The van der Waals surface area contributed by atoms with E-state index in [2.05, 4.69) is 6.07 Å². The molecule has 0 spiro atoms. The van der Waals surface area contributed by atoms with Crippen LogP contribution in [0.15, 0.2) is 24.3 Å². The molecule has 0 bridgehead atoms. The molecule has 0 saturated carbocycles. The van der Waals surface area contributed by atoms with Crippen molar-refractivity contribution in [1.29, 1.82) is 5.26 Å². The maximum absolute atomic E-state index is 8.72. The van der Waals surface area contributed by atoms with Gasteiger partial charge in [0, 0.05) is 11.6 Å². The molecule has 0 saturated heterocycles. The number of nitriles is 1. The van der Waals surface area contributed by atoms with Crippen LogP contribution in [0.25, 0.3) is 0 Å². The lowest BCUT2D eigenvalue weighted by atomic mass is 10.2. The molecule has 14 heavy (non-hydrogen) atoms. The minimum absolute atomic E-state index is 0.0750. The summed E-state index contributed by atoms with van der Waals surface area (Å²) in [6, 6.07) is 9.81. The fraction of sp³-hybridized carbons (Fsp3) is 0.364. The van der Waals surface area contributed by atoms with Gasteiger partial charge in [-0.3, -0.25) is 4.90 Å². The van der Waals surface area contributed by atoms with Gasteiger partial charge in [-0.2, -0.15) is 5.26 Å². The van der Waals surface area contributed by atoms with E-state index in [1.807, 2.05) is 43.1 Å². The minimum Gasteiger partial charge on any atom is -0.287 e. The topological polar surface area (TPSA) is 27.0 Å². The van der Waals surface area contributed by atoms with Gasteiger partial charge in [-0.15, -0.1) is 0 Å². The number of hydrogen-bond donors (Lipinski definition) is 0. The number of nitrogens with zero attached hydrogens (tertiary/aromatic N) is 2. The van der Waals surface area contributed by atoms with Crippen molar-refractivity contribution >= 4 is 11.6 Å². The molecular formula is C11H13ClN2. The van der Waals surface area contributed by atoms with Crippen molar-refractivity contribution in [2.75, 3.05) is 7.05 Å². The number of halogens is 1. The average Bonchev–Trinajstić information content (AvgIpc) is 2.16. The van der Waals surface area contributed by atoms with E-state index in [1.54, 1.807) is 0 Å². The molecule has 1 aromatic carbocycles. The summed E-state index contributed by atoms with van der Waals surface area (Å²) in [6.07, 6.45) is 0. The first-order valence-corrected chi connectivity index (χ1v) is 4.85. The van der Waals surface area contributed by atoms with E-state index in [4.69, 9.17) is 16.9 Å². The van der Waals surface area contributed by atoms with E-state index in [0.717, 1.165) is 17.1 Å². The average molecular weight is 209 g/mol. The summed E-state index contributed by atoms with van der Waals surface area (Å²) in [5, 5.41) is 9.46. The van der Waals surface area contributed by atoms with E-state index in [1.165, 1.54) is 0 Å². The summed E-state index contributed by atoms with van der Waals surface area (Å²) >= 11 is 5.86. The summed E-state index contributed by atoms with van der Waals surface area (Å²) in [7, 11) is 1.93. The van der Waals surface area contributed by atoms with Gasteiger partial charge in [-0.1, -0.05) is 23.7 Å². The van der Waals surface area contributed by atoms with Crippen LogP contribution in [0.2, 0.25) is 5.02 Å². The van der Waals surface area contributed by atoms with Crippen LogP contribution in [-0.4, -0.2) is 18.0 Å². The largest absolute Gasteiger partial charge is 0.287 e. The Morgan fingerprint density at radius 1 is 1.57 bits per heavy atom. The summed E-state index contributed by atoms with van der Waals surface area (Å²) in [4.78, 5) is 1.98. The van der Waals surface area contributed by atoms with Crippen molar-refractivity contribution in [2.24, 2.45) is 0 Å². The van der Waals surface area contributed by atoms with Crippen molar-refractivity contribution in [3.63, 3.8) is 0 Å². The molecule has 1 atom stereocenters. The van der Waals surface area contributed by atoms with Crippen LogP contribution >= 0.6 is 11.6 Å². The minimum atomic E-state index is -0.0750. The lowest BCUT2D eigenvalue weighted by Crippen LogP contribution is -2.26. The number of hydrogen-bond acceptors (Lipinski definition) is 2. The maximum Gasteiger partial charge on any atom is 0.0949 e. The van der Waals surface area contributed by atoms with Crippen LogP contribution in [0.3, 0.4) is 0 Å². The van der Waals surface area contributed by atoms with Gasteiger partial charge in [-0.25, -0.2) is 0 Å². The molecular weight excluding hydrogens is 196 g/mol. The van der Waals surface area contributed by atoms with Crippen molar-refractivity contribution in [3.8, 4) is 6.07 Å². The second kappa shape index (κ2) is 4.99. The van der Waals surface area contributed by atoms with Gasteiger partial charge in [0.05, 0.1) is 12.1 Å². The molecule has 0 aliphatic heterocycles. The second-order valence-corrected chi connectivity index (χ2v) is 3.79. The van der Waals surface area contributed by atoms with Gasteiger partial charge in [-0.05, 0) is 31.7 Å². The van der Waals surface area contributed by atoms with E-state index >= 15 is 0 Å². The van der Waals surface area contributed by atoms with Crippen LogP contribution in [0, 0.1) is 11.3 Å². The number of benzene rings is 1. The normalized spacial score (nSPS) is 12.5. The van der Waals surface area contributed by atoms with Crippen LogP contribution in [-0.2, 0) is 6.54 Å².